The van der Waals surface area contributed by atoms with Crippen LogP contribution in [0.3, 0.4) is 0 Å². The Kier molecular flexibility index (Phi) is 5.23. The summed E-state index contributed by atoms with van der Waals surface area (Å²) in [5.74, 6) is -2.79. The molecular weight excluding hydrogens is 239 g/mol. The third kappa shape index (κ3) is 3.80. The quantitative estimate of drug-likeness (QED) is 0.755. The van der Waals surface area contributed by atoms with Crippen LogP contribution in [-0.2, 0) is 4.79 Å². The van der Waals surface area contributed by atoms with E-state index < -0.39 is 23.9 Å². The van der Waals surface area contributed by atoms with Gasteiger partial charge in [0.1, 0.15) is 6.04 Å². The standard InChI is InChI=1S/C12H15FN2O3/c1-2-3-6-9(12(17)18)15-11(16)8-5-4-7-14-10(8)13/h4-5,7,9H,2-3,6H2,1H3,(H,15,16)(H,17,18). The number of carbonyl (C=O) groups excluding carboxylic acids is 1. The first-order valence-electron chi connectivity index (χ1n) is 5.70. The molecule has 0 aliphatic carbocycles. The first-order chi connectivity index (χ1) is 8.56. The molecule has 0 saturated carbocycles. The SMILES string of the molecule is CCCCC(NC(=O)c1cccnc1F)C(=O)O. The minimum atomic E-state index is -1.12. The van der Waals surface area contributed by atoms with E-state index in [0.717, 1.165) is 6.42 Å². The Hall–Kier alpha value is -1.98. The van der Waals surface area contributed by atoms with Crippen molar-refractivity contribution < 1.29 is 19.1 Å². The fourth-order valence-corrected chi connectivity index (χ4v) is 1.46. The second-order valence-corrected chi connectivity index (χ2v) is 3.85. The van der Waals surface area contributed by atoms with E-state index in [9.17, 15) is 14.0 Å². The van der Waals surface area contributed by atoms with Crippen LogP contribution in [-0.4, -0.2) is 28.0 Å². The minimum Gasteiger partial charge on any atom is -0.480 e. The van der Waals surface area contributed by atoms with E-state index >= 15 is 0 Å². The maximum atomic E-state index is 13.2. The van der Waals surface area contributed by atoms with Crippen LogP contribution in [0, 0.1) is 5.95 Å². The number of nitrogens with one attached hydrogen (secondary N) is 1. The van der Waals surface area contributed by atoms with E-state index in [2.05, 4.69) is 10.3 Å². The summed E-state index contributed by atoms with van der Waals surface area (Å²) < 4.78 is 13.2. The molecule has 0 aliphatic rings. The number of hydrogen-bond donors (Lipinski definition) is 2. The molecule has 0 spiro atoms. The van der Waals surface area contributed by atoms with Crippen LogP contribution < -0.4 is 5.32 Å². The average molecular weight is 254 g/mol. The molecule has 0 radical (unpaired) electrons. The highest BCUT2D eigenvalue weighted by Gasteiger charge is 2.21. The Bertz CT molecular complexity index is 437. The number of amides is 1. The summed E-state index contributed by atoms with van der Waals surface area (Å²) in [6, 6.07) is 1.67. The van der Waals surface area contributed by atoms with Crippen molar-refractivity contribution in [3.8, 4) is 0 Å². The summed E-state index contributed by atoms with van der Waals surface area (Å²) >= 11 is 0. The summed E-state index contributed by atoms with van der Waals surface area (Å²) in [5.41, 5.74) is -0.250. The molecule has 0 bridgehead atoms. The first kappa shape index (κ1) is 14.1. The molecule has 1 unspecified atom stereocenters. The minimum absolute atomic E-state index is 0.250. The number of carboxylic acid groups (broad SMARTS) is 1. The summed E-state index contributed by atoms with van der Waals surface area (Å²) in [6.45, 7) is 1.92. The summed E-state index contributed by atoms with van der Waals surface area (Å²) in [4.78, 5) is 26.0. The monoisotopic (exact) mass is 254 g/mol. The van der Waals surface area contributed by atoms with Crippen LogP contribution in [0.25, 0.3) is 0 Å². The van der Waals surface area contributed by atoms with E-state index in [-0.39, 0.29) is 5.56 Å². The van der Waals surface area contributed by atoms with Gasteiger partial charge in [-0.25, -0.2) is 9.78 Å². The normalized spacial score (nSPS) is 11.9. The van der Waals surface area contributed by atoms with Crippen LogP contribution in [0.4, 0.5) is 4.39 Å². The molecule has 98 valence electrons. The lowest BCUT2D eigenvalue weighted by Crippen LogP contribution is -2.41. The molecule has 5 nitrogen and oxygen atoms in total. The average Bonchev–Trinajstić information content (AvgIpc) is 2.34. The highest BCUT2D eigenvalue weighted by atomic mass is 19.1. The molecule has 0 saturated heterocycles. The number of nitrogens with zero attached hydrogens (tertiary/aromatic N) is 1. The maximum absolute atomic E-state index is 13.2. The van der Waals surface area contributed by atoms with Gasteiger partial charge < -0.3 is 10.4 Å². The van der Waals surface area contributed by atoms with E-state index in [1.165, 1.54) is 18.3 Å². The number of carbonyl (C=O) groups is 2. The van der Waals surface area contributed by atoms with E-state index in [1.807, 2.05) is 6.92 Å². The van der Waals surface area contributed by atoms with Gasteiger partial charge in [-0.2, -0.15) is 4.39 Å². The Morgan fingerprint density at radius 3 is 2.83 bits per heavy atom. The molecule has 6 heteroatoms. The van der Waals surface area contributed by atoms with Crippen molar-refractivity contribution in [2.45, 2.75) is 32.2 Å². The molecule has 1 amide bonds. The van der Waals surface area contributed by atoms with Crippen molar-refractivity contribution in [1.82, 2.24) is 10.3 Å². The van der Waals surface area contributed by atoms with Crippen LogP contribution in [0.2, 0.25) is 0 Å². The lowest BCUT2D eigenvalue weighted by atomic mass is 10.1. The maximum Gasteiger partial charge on any atom is 0.326 e. The van der Waals surface area contributed by atoms with E-state index in [1.54, 1.807) is 0 Å². The van der Waals surface area contributed by atoms with Crippen LogP contribution in [0.5, 0.6) is 0 Å². The topological polar surface area (TPSA) is 79.3 Å². The fraction of sp³-hybridized carbons (Fsp3) is 0.417. The molecule has 0 aliphatic heterocycles. The van der Waals surface area contributed by atoms with E-state index in [4.69, 9.17) is 5.11 Å². The number of hydrogen-bond acceptors (Lipinski definition) is 3. The zero-order valence-electron chi connectivity index (χ0n) is 10.0. The van der Waals surface area contributed by atoms with Crippen LogP contribution in [0.15, 0.2) is 18.3 Å². The summed E-state index contributed by atoms with van der Waals surface area (Å²) in [7, 11) is 0. The van der Waals surface area contributed by atoms with E-state index in [0.29, 0.717) is 12.8 Å². The molecular formula is C12H15FN2O3. The number of rotatable bonds is 6. The third-order valence-corrected chi connectivity index (χ3v) is 2.45. The van der Waals surface area contributed by atoms with Gasteiger partial charge >= 0.3 is 5.97 Å². The van der Waals surface area contributed by atoms with Gasteiger partial charge in [-0.05, 0) is 18.6 Å². The summed E-state index contributed by atoms with van der Waals surface area (Å²) in [6.07, 6.45) is 3.03. The zero-order chi connectivity index (χ0) is 13.5. The van der Waals surface area contributed by atoms with Crippen molar-refractivity contribution in [2.24, 2.45) is 0 Å². The number of aliphatic carboxylic acids is 1. The lowest BCUT2D eigenvalue weighted by molar-refractivity contribution is -0.139. The van der Waals surface area contributed by atoms with Crippen molar-refractivity contribution in [2.75, 3.05) is 0 Å². The summed E-state index contributed by atoms with van der Waals surface area (Å²) in [5, 5.41) is 11.2. The van der Waals surface area contributed by atoms with Gasteiger partial charge in [0, 0.05) is 6.20 Å². The Morgan fingerprint density at radius 2 is 2.28 bits per heavy atom. The highest BCUT2D eigenvalue weighted by molar-refractivity contribution is 5.96. The Morgan fingerprint density at radius 1 is 1.56 bits per heavy atom. The molecule has 0 fully saturated rings. The molecule has 2 N–H and O–H groups in total. The van der Waals surface area contributed by atoms with Crippen molar-refractivity contribution in [1.29, 1.82) is 0 Å². The number of aromatic nitrogens is 1. The van der Waals surface area contributed by atoms with Crippen LogP contribution in [0.1, 0.15) is 36.5 Å². The second kappa shape index (κ2) is 6.68. The smallest absolute Gasteiger partial charge is 0.326 e. The molecule has 1 heterocycles. The Balaban J connectivity index is 2.72. The predicted octanol–water partition coefficient (Wildman–Crippen LogP) is 1.59. The van der Waals surface area contributed by atoms with Gasteiger partial charge in [0.2, 0.25) is 5.95 Å². The largest absolute Gasteiger partial charge is 0.480 e. The van der Waals surface area contributed by atoms with Gasteiger partial charge in [-0.3, -0.25) is 4.79 Å². The molecule has 1 aromatic rings. The van der Waals surface area contributed by atoms with Gasteiger partial charge in [-0.15, -0.1) is 0 Å². The zero-order valence-corrected chi connectivity index (χ0v) is 10.0. The number of unbranched alkanes of at least 4 members (excludes halogenated alkanes) is 1. The lowest BCUT2D eigenvalue weighted by Gasteiger charge is -2.14. The van der Waals surface area contributed by atoms with Gasteiger partial charge in [0.25, 0.3) is 5.91 Å². The number of carboxylic acids is 1. The molecule has 1 aromatic heterocycles. The van der Waals surface area contributed by atoms with Gasteiger partial charge in [-0.1, -0.05) is 19.8 Å². The van der Waals surface area contributed by atoms with Crippen LogP contribution >= 0.6 is 0 Å². The molecule has 1 atom stereocenters. The third-order valence-electron chi connectivity index (χ3n) is 2.45. The van der Waals surface area contributed by atoms with Crippen molar-refractivity contribution >= 4 is 11.9 Å². The van der Waals surface area contributed by atoms with Crippen molar-refractivity contribution in [3.05, 3.63) is 29.8 Å². The van der Waals surface area contributed by atoms with Gasteiger partial charge in [0.05, 0.1) is 5.56 Å². The predicted molar refractivity (Wildman–Crippen MR) is 62.6 cm³/mol. The molecule has 1 rings (SSSR count). The fourth-order valence-electron chi connectivity index (χ4n) is 1.46. The second-order valence-electron chi connectivity index (χ2n) is 3.85. The first-order valence-corrected chi connectivity index (χ1v) is 5.70. The molecule has 18 heavy (non-hydrogen) atoms. The van der Waals surface area contributed by atoms with Crippen molar-refractivity contribution in [3.63, 3.8) is 0 Å². The van der Waals surface area contributed by atoms with Gasteiger partial charge in [0.15, 0.2) is 0 Å². The number of pyridine rings is 1. The number of halogens is 1. The highest BCUT2D eigenvalue weighted by Crippen LogP contribution is 2.06. The molecule has 0 aromatic carbocycles. The Labute approximate surface area is 104 Å².